The van der Waals surface area contributed by atoms with Crippen molar-refractivity contribution >= 4 is 41.2 Å². The summed E-state index contributed by atoms with van der Waals surface area (Å²) < 4.78 is 37.7. The van der Waals surface area contributed by atoms with E-state index in [-0.39, 0.29) is 23.6 Å². The molecule has 3 heterocycles. The van der Waals surface area contributed by atoms with Gasteiger partial charge in [0.1, 0.15) is 5.60 Å². The summed E-state index contributed by atoms with van der Waals surface area (Å²) in [4.78, 5) is 40.5. The number of amides is 2. The maximum absolute atomic E-state index is 13.1. The summed E-state index contributed by atoms with van der Waals surface area (Å²) in [5, 5.41) is 7.96. The predicted molar refractivity (Wildman–Crippen MR) is 145 cm³/mol. The highest BCUT2D eigenvalue weighted by Gasteiger charge is 2.53. The number of likely N-dealkylation sites (N-methyl/N-ethyl adjacent to an activating group) is 1. The van der Waals surface area contributed by atoms with Crippen LogP contribution in [0.1, 0.15) is 67.8 Å². The number of aliphatic carboxylic acids is 1. The topological polar surface area (TPSA) is 90.4 Å². The van der Waals surface area contributed by atoms with Crippen molar-refractivity contribution in [2.75, 3.05) is 33.2 Å². The van der Waals surface area contributed by atoms with E-state index in [4.69, 9.17) is 37.8 Å². The number of carboxylic acid groups (broad SMARTS) is 1. The first kappa shape index (κ1) is 32.3. The number of likely N-dealkylation sites (tertiary alicyclic amines) is 2. The number of alkyl halides is 3. The molecule has 8 nitrogen and oxygen atoms in total. The fourth-order valence-electron chi connectivity index (χ4n) is 5.85. The number of hydrogen-bond acceptors (Lipinski definition) is 5. The van der Waals surface area contributed by atoms with E-state index in [2.05, 4.69) is 11.8 Å². The first-order valence-electron chi connectivity index (χ1n) is 13.4. The van der Waals surface area contributed by atoms with Crippen molar-refractivity contribution in [1.82, 2.24) is 14.7 Å². The van der Waals surface area contributed by atoms with Crippen LogP contribution in [0.15, 0.2) is 12.1 Å². The molecule has 1 aromatic rings. The monoisotopic (exact) mass is 609 g/mol. The third kappa shape index (κ3) is 7.33. The highest BCUT2D eigenvalue weighted by atomic mass is 35.5. The first-order chi connectivity index (χ1) is 18.7. The summed E-state index contributed by atoms with van der Waals surface area (Å²) in [5.74, 6) is -2.84. The SMILES string of the molecule is CCCCC1N(C)C(=O)OC12CCN(C1CCN(C(=O)c3c(Cl)cc(C)cc3Cl)CC1)CC2.O=C(O)C(F)(F)F. The molecule has 4 rings (SSSR count). The van der Waals surface area contributed by atoms with E-state index in [1.54, 1.807) is 12.1 Å². The van der Waals surface area contributed by atoms with Crippen molar-refractivity contribution < 1.29 is 37.4 Å². The largest absolute Gasteiger partial charge is 0.490 e. The van der Waals surface area contributed by atoms with Gasteiger partial charge in [0.25, 0.3) is 5.91 Å². The number of carbonyl (C=O) groups is 3. The quantitative estimate of drug-likeness (QED) is 0.439. The summed E-state index contributed by atoms with van der Waals surface area (Å²) >= 11 is 12.7. The van der Waals surface area contributed by atoms with Crippen molar-refractivity contribution in [3.63, 3.8) is 0 Å². The number of carbonyl (C=O) groups excluding carboxylic acids is 2. The van der Waals surface area contributed by atoms with E-state index in [0.29, 0.717) is 34.7 Å². The van der Waals surface area contributed by atoms with Crippen LogP contribution in [0.5, 0.6) is 0 Å². The molecule has 224 valence electrons. The number of ether oxygens (including phenoxy) is 1. The molecule has 13 heteroatoms. The fourth-order valence-corrected chi connectivity index (χ4v) is 6.61. The minimum Gasteiger partial charge on any atom is -0.475 e. The second-order valence-corrected chi connectivity index (χ2v) is 11.5. The smallest absolute Gasteiger partial charge is 0.475 e. The minimum atomic E-state index is -5.08. The molecule has 3 aliphatic rings. The molecule has 1 atom stereocenters. The van der Waals surface area contributed by atoms with Crippen molar-refractivity contribution in [3.05, 3.63) is 33.3 Å². The van der Waals surface area contributed by atoms with Crippen LogP contribution in [0, 0.1) is 6.92 Å². The third-order valence-corrected chi connectivity index (χ3v) is 8.64. The second kappa shape index (κ2) is 13.2. The second-order valence-electron chi connectivity index (χ2n) is 10.7. The number of unbranched alkanes of at least 4 members (excludes halogenated alkanes) is 1. The van der Waals surface area contributed by atoms with E-state index >= 15 is 0 Å². The number of rotatable bonds is 5. The molecular formula is C27H36Cl2F3N3O5. The molecule has 3 fully saturated rings. The van der Waals surface area contributed by atoms with Gasteiger partial charge in [-0.2, -0.15) is 13.2 Å². The molecule has 0 saturated carbocycles. The molecular weight excluding hydrogens is 574 g/mol. The zero-order chi connectivity index (χ0) is 29.8. The van der Waals surface area contributed by atoms with Crippen LogP contribution in [0.2, 0.25) is 10.0 Å². The standard InChI is InChI=1S/C25H35Cl2N3O3.C2HF3O2/c1-4-5-6-21-25(33-24(32)28(21)3)9-13-29(14-10-25)18-7-11-30(12-8-18)23(31)22-19(26)15-17(2)16-20(22)27;3-2(4,5)1(6)7/h15-16,18,21H,4-14H2,1-3H3;(H,6,7). The Morgan fingerprint density at radius 1 is 1.10 bits per heavy atom. The first-order valence-corrected chi connectivity index (χ1v) is 14.2. The number of aryl methyl sites for hydroxylation is 1. The average molecular weight is 611 g/mol. The highest BCUT2D eigenvalue weighted by molar-refractivity contribution is 6.39. The van der Waals surface area contributed by atoms with Crippen molar-refractivity contribution in [2.45, 2.75) is 82.7 Å². The van der Waals surface area contributed by atoms with E-state index in [9.17, 15) is 22.8 Å². The normalized spacial score (nSPS) is 21.7. The van der Waals surface area contributed by atoms with Crippen molar-refractivity contribution in [2.24, 2.45) is 0 Å². The number of benzene rings is 1. The van der Waals surface area contributed by atoms with Gasteiger partial charge in [-0.15, -0.1) is 0 Å². The molecule has 0 radical (unpaired) electrons. The van der Waals surface area contributed by atoms with Crippen molar-refractivity contribution in [3.8, 4) is 0 Å². The van der Waals surface area contributed by atoms with Gasteiger partial charge in [-0.3, -0.25) is 9.69 Å². The van der Waals surface area contributed by atoms with Gasteiger partial charge in [0.05, 0.1) is 21.7 Å². The molecule has 0 aromatic heterocycles. The highest BCUT2D eigenvalue weighted by Crippen LogP contribution is 2.41. The molecule has 0 bridgehead atoms. The van der Waals surface area contributed by atoms with Crippen LogP contribution in [-0.4, -0.2) is 94.9 Å². The summed E-state index contributed by atoms with van der Waals surface area (Å²) in [6, 6.07) is 4.20. The van der Waals surface area contributed by atoms with Gasteiger partial charge in [-0.25, -0.2) is 9.59 Å². The molecule has 1 aromatic carbocycles. The van der Waals surface area contributed by atoms with Crippen molar-refractivity contribution in [1.29, 1.82) is 0 Å². The van der Waals surface area contributed by atoms with Gasteiger partial charge in [0.2, 0.25) is 0 Å². The molecule has 1 spiro atoms. The van der Waals surface area contributed by atoms with Gasteiger partial charge >= 0.3 is 18.2 Å². The minimum absolute atomic E-state index is 0.0827. The Balaban J connectivity index is 0.000000559. The fraction of sp³-hybridized carbons (Fsp3) is 0.667. The number of hydrogen-bond donors (Lipinski definition) is 1. The zero-order valence-corrected chi connectivity index (χ0v) is 24.4. The van der Waals surface area contributed by atoms with Crippen LogP contribution >= 0.6 is 23.2 Å². The number of nitrogens with zero attached hydrogens (tertiary/aromatic N) is 3. The lowest BCUT2D eigenvalue weighted by Crippen LogP contribution is -2.55. The Kier molecular flexibility index (Phi) is 10.6. The molecule has 40 heavy (non-hydrogen) atoms. The summed E-state index contributed by atoms with van der Waals surface area (Å²) in [6.45, 7) is 7.35. The average Bonchev–Trinajstić information content (AvgIpc) is 3.10. The number of halogens is 5. The van der Waals surface area contributed by atoms with Gasteiger partial charge < -0.3 is 19.6 Å². The summed E-state index contributed by atoms with van der Waals surface area (Å²) in [6.07, 6.45) is 1.59. The predicted octanol–water partition coefficient (Wildman–Crippen LogP) is 6.02. The van der Waals surface area contributed by atoms with Gasteiger partial charge in [-0.05, 0) is 43.9 Å². The number of piperidine rings is 2. The van der Waals surface area contributed by atoms with Gasteiger partial charge in [0.15, 0.2) is 0 Å². The third-order valence-electron chi connectivity index (χ3n) is 8.04. The van der Waals surface area contributed by atoms with Gasteiger partial charge in [0, 0.05) is 52.1 Å². The summed E-state index contributed by atoms with van der Waals surface area (Å²) in [5.41, 5.74) is 1.01. The Morgan fingerprint density at radius 3 is 2.10 bits per heavy atom. The lowest BCUT2D eigenvalue weighted by Gasteiger charge is -2.46. The molecule has 3 saturated heterocycles. The lowest BCUT2D eigenvalue weighted by molar-refractivity contribution is -0.192. The number of carboxylic acids is 1. The Labute approximate surface area is 242 Å². The molecule has 3 aliphatic heterocycles. The zero-order valence-electron chi connectivity index (χ0n) is 22.9. The van der Waals surface area contributed by atoms with Crippen LogP contribution in [0.4, 0.5) is 18.0 Å². The maximum atomic E-state index is 13.1. The molecule has 0 aliphatic carbocycles. The molecule has 1 N–H and O–H groups in total. The van der Waals surface area contributed by atoms with E-state index in [0.717, 1.165) is 63.6 Å². The Morgan fingerprint density at radius 2 is 1.62 bits per heavy atom. The Hall–Kier alpha value is -2.24. The van der Waals surface area contributed by atoms with Crippen LogP contribution in [-0.2, 0) is 9.53 Å². The van der Waals surface area contributed by atoms with E-state index in [1.165, 1.54) is 0 Å². The van der Waals surface area contributed by atoms with E-state index < -0.39 is 12.1 Å². The lowest BCUT2D eigenvalue weighted by atomic mass is 9.81. The maximum Gasteiger partial charge on any atom is 0.490 e. The van der Waals surface area contributed by atoms with Gasteiger partial charge in [-0.1, -0.05) is 43.0 Å². The molecule has 2 amide bonds. The van der Waals surface area contributed by atoms with E-state index in [1.807, 2.05) is 23.8 Å². The van der Waals surface area contributed by atoms with Crippen LogP contribution in [0.25, 0.3) is 0 Å². The van der Waals surface area contributed by atoms with Crippen LogP contribution in [0.3, 0.4) is 0 Å². The van der Waals surface area contributed by atoms with Crippen LogP contribution < -0.4 is 0 Å². The summed E-state index contributed by atoms with van der Waals surface area (Å²) in [7, 11) is 1.88. The Bertz CT molecular complexity index is 1060. The molecule has 1 unspecified atom stereocenters.